The molecule has 3 aromatic carbocycles. The number of nitro groups is 1. The molecule has 45 heavy (non-hydrogen) atoms. The summed E-state index contributed by atoms with van der Waals surface area (Å²) in [4.78, 5) is 65.8. The van der Waals surface area contributed by atoms with E-state index in [0.29, 0.717) is 21.2 Å². The van der Waals surface area contributed by atoms with Gasteiger partial charge in [-0.25, -0.2) is 9.29 Å². The number of carbonyl (C=O) groups is 3. The topological polar surface area (TPSA) is 161 Å². The van der Waals surface area contributed by atoms with E-state index in [2.05, 4.69) is 5.32 Å². The first-order chi connectivity index (χ1) is 21.6. The molecule has 15 heteroatoms. The zero-order valence-electron chi connectivity index (χ0n) is 23.3. The molecule has 1 aromatic heterocycles. The molecule has 2 aliphatic heterocycles. The second-order valence-corrected chi connectivity index (χ2v) is 12.3. The van der Waals surface area contributed by atoms with Crippen molar-refractivity contribution in [2.24, 2.45) is 5.92 Å². The van der Waals surface area contributed by atoms with Gasteiger partial charge in [-0.2, -0.15) is 0 Å². The Hall–Kier alpha value is -5.02. The summed E-state index contributed by atoms with van der Waals surface area (Å²) in [6.07, 6.45) is 0. The van der Waals surface area contributed by atoms with Crippen LogP contribution >= 0.6 is 23.1 Å². The molecular weight excluding hydrogens is 627 g/mol. The molecule has 3 amide bonds. The summed E-state index contributed by atoms with van der Waals surface area (Å²) in [5.41, 5.74) is 0.778. The SMILES string of the molecule is CCOc1cc([C@@H]2c3sc(=O)n(CC(=O)Nc4ccc(F)cc4)c3SC3C(=O)N(c4ccc([N+](=O)[O-])cc4)C(=O)C32)ccc1O. The molecule has 0 aliphatic carbocycles. The van der Waals surface area contributed by atoms with Gasteiger partial charge in [0.15, 0.2) is 11.5 Å². The molecule has 2 N–H and O–H groups in total. The van der Waals surface area contributed by atoms with Crippen molar-refractivity contribution in [2.75, 3.05) is 16.8 Å². The number of halogens is 1. The van der Waals surface area contributed by atoms with E-state index >= 15 is 0 Å². The molecule has 0 saturated carbocycles. The highest BCUT2D eigenvalue weighted by atomic mass is 32.2. The summed E-state index contributed by atoms with van der Waals surface area (Å²) in [5.74, 6) is -3.97. The van der Waals surface area contributed by atoms with Crippen LogP contribution in [0.1, 0.15) is 23.3 Å². The third kappa shape index (κ3) is 5.44. The monoisotopic (exact) mass is 650 g/mol. The van der Waals surface area contributed by atoms with Crippen molar-refractivity contribution in [2.45, 2.75) is 29.7 Å². The first-order valence-corrected chi connectivity index (χ1v) is 15.3. The third-order valence-electron chi connectivity index (χ3n) is 7.44. The molecule has 1 saturated heterocycles. The second-order valence-electron chi connectivity index (χ2n) is 10.2. The molecule has 0 bridgehead atoms. The van der Waals surface area contributed by atoms with Crippen LogP contribution in [0, 0.1) is 21.8 Å². The number of thiazole rings is 1. The lowest BCUT2D eigenvalue weighted by atomic mass is 9.83. The Bertz CT molecular complexity index is 1910. The van der Waals surface area contributed by atoms with Gasteiger partial charge < -0.3 is 15.2 Å². The molecule has 230 valence electrons. The molecule has 0 radical (unpaired) electrons. The number of imide groups is 1. The fraction of sp³-hybridized carbons (Fsp3) is 0.200. The fourth-order valence-corrected chi connectivity index (χ4v) is 8.24. The average molecular weight is 651 g/mol. The molecule has 4 aromatic rings. The molecule has 3 atom stereocenters. The number of aromatic nitrogens is 1. The van der Waals surface area contributed by atoms with E-state index in [1.807, 2.05) is 0 Å². The summed E-state index contributed by atoms with van der Waals surface area (Å²) >= 11 is 1.85. The number of benzene rings is 3. The van der Waals surface area contributed by atoms with E-state index in [9.17, 15) is 38.8 Å². The maximum absolute atomic E-state index is 14.0. The van der Waals surface area contributed by atoms with Crippen molar-refractivity contribution in [1.29, 1.82) is 0 Å². The average Bonchev–Trinajstić information content (AvgIpc) is 3.45. The smallest absolute Gasteiger partial charge is 0.308 e. The zero-order chi connectivity index (χ0) is 32.0. The largest absolute Gasteiger partial charge is 0.504 e. The number of carbonyl (C=O) groups excluding carboxylic acids is 3. The number of aromatic hydroxyl groups is 1. The van der Waals surface area contributed by atoms with E-state index in [0.717, 1.165) is 28.0 Å². The zero-order valence-corrected chi connectivity index (χ0v) is 25.0. The van der Waals surface area contributed by atoms with Gasteiger partial charge in [-0.05, 0) is 61.0 Å². The number of nitrogens with one attached hydrogen (secondary N) is 1. The molecule has 2 aliphatic rings. The number of ether oxygens (including phenoxy) is 1. The van der Waals surface area contributed by atoms with Crippen molar-refractivity contribution in [1.82, 2.24) is 4.57 Å². The minimum Gasteiger partial charge on any atom is -0.504 e. The lowest BCUT2D eigenvalue weighted by Gasteiger charge is -2.31. The number of thioether (sulfide) groups is 1. The van der Waals surface area contributed by atoms with Gasteiger partial charge in [0.1, 0.15) is 17.6 Å². The Morgan fingerprint density at radius 2 is 1.78 bits per heavy atom. The maximum Gasteiger partial charge on any atom is 0.308 e. The normalized spacial score (nSPS) is 18.8. The number of rotatable bonds is 8. The lowest BCUT2D eigenvalue weighted by molar-refractivity contribution is -0.384. The van der Waals surface area contributed by atoms with Crippen LogP contribution in [0.4, 0.5) is 21.5 Å². The van der Waals surface area contributed by atoms with Crippen LogP contribution in [0.15, 0.2) is 76.6 Å². The van der Waals surface area contributed by atoms with Crippen molar-refractivity contribution in [3.05, 3.63) is 103 Å². The predicted molar refractivity (Wildman–Crippen MR) is 163 cm³/mol. The Balaban J connectivity index is 1.42. The maximum atomic E-state index is 14.0. The van der Waals surface area contributed by atoms with Crippen LogP contribution in [0.5, 0.6) is 11.5 Å². The molecule has 0 spiro atoms. The van der Waals surface area contributed by atoms with E-state index in [1.165, 1.54) is 59.2 Å². The summed E-state index contributed by atoms with van der Waals surface area (Å²) in [7, 11) is 0. The number of nitrogens with zero attached hydrogens (tertiary/aromatic N) is 3. The molecular formula is C30H23FN4O8S2. The van der Waals surface area contributed by atoms with Gasteiger partial charge >= 0.3 is 4.87 Å². The van der Waals surface area contributed by atoms with Crippen LogP contribution in [0.25, 0.3) is 0 Å². The first kappa shape index (κ1) is 30.0. The quantitative estimate of drug-likeness (QED) is 0.159. The van der Waals surface area contributed by atoms with Gasteiger partial charge in [-0.3, -0.25) is 33.9 Å². The third-order valence-corrected chi connectivity index (χ3v) is 10.0. The van der Waals surface area contributed by atoms with Crippen molar-refractivity contribution in [3.63, 3.8) is 0 Å². The Morgan fingerprint density at radius 1 is 1.07 bits per heavy atom. The summed E-state index contributed by atoms with van der Waals surface area (Å²) in [6.45, 7) is 1.57. The Kier molecular flexibility index (Phi) is 7.88. The molecule has 12 nitrogen and oxygen atoms in total. The molecule has 3 heterocycles. The Labute approximate surface area is 262 Å². The van der Waals surface area contributed by atoms with Gasteiger partial charge in [0.25, 0.3) is 5.69 Å². The van der Waals surface area contributed by atoms with Crippen molar-refractivity contribution in [3.8, 4) is 11.5 Å². The number of non-ortho nitro benzene ring substituents is 1. The number of anilines is 2. The van der Waals surface area contributed by atoms with Gasteiger partial charge in [0, 0.05) is 28.6 Å². The number of nitro benzene ring substituents is 1. The summed E-state index contributed by atoms with van der Waals surface area (Å²) in [6, 6.07) is 14.7. The lowest BCUT2D eigenvalue weighted by Crippen LogP contribution is -2.33. The fourth-order valence-electron chi connectivity index (χ4n) is 5.46. The van der Waals surface area contributed by atoms with Gasteiger partial charge in [0.05, 0.1) is 28.2 Å². The number of phenols is 1. The number of hydrogen-bond donors (Lipinski definition) is 2. The molecule has 6 rings (SSSR count). The van der Waals surface area contributed by atoms with Crippen LogP contribution in [0.2, 0.25) is 0 Å². The molecule has 1 fully saturated rings. The van der Waals surface area contributed by atoms with E-state index in [-0.39, 0.29) is 29.5 Å². The van der Waals surface area contributed by atoms with E-state index in [4.69, 9.17) is 4.74 Å². The van der Waals surface area contributed by atoms with Crippen molar-refractivity contribution >= 4 is 57.9 Å². The van der Waals surface area contributed by atoms with Crippen molar-refractivity contribution < 1.29 is 33.5 Å². The van der Waals surface area contributed by atoms with Crippen LogP contribution in [-0.2, 0) is 20.9 Å². The molecule has 2 unspecified atom stereocenters. The van der Waals surface area contributed by atoms with E-state index in [1.54, 1.807) is 19.1 Å². The van der Waals surface area contributed by atoms with Crippen LogP contribution < -0.4 is 19.8 Å². The predicted octanol–water partition coefficient (Wildman–Crippen LogP) is 4.50. The highest BCUT2D eigenvalue weighted by Gasteiger charge is 2.57. The van der Waals surface area contributed by atoms with E-state index < -0.39 is 57.0 Å². The number of fused-ring (bicyclic) bond motifs is 2. The Morgan fingerprint density at radius 3 is 2.44 bits per heavy atom. The minimum atomic E-state index is -1.00. The van der Waals surface area contributed by atoms with Gasteiger partial charge in [0.2, 0.25) is 17.7 Å². The highest BCUT2D eigenvalue weighted by Crippen LogP contribution is 2.54. The highest BCUT2D eigenvalue weighted by molar-refractivity contribution is 8.00. The van der Waals surface area contributed by atoms with Gasteiger partial charge in [-0.15, -0.1) is 0 Å². The second kappa shape index (κ2) is 11.8. The number of phenolic OH excluding ortho intramolecular Hbond substituents is 1. The van der Waals surface area contributed by atoms with Crippen LogP contribution in [0.3, 0.4) is 0 Å². The van der Waals surface area contributed by atoms with Crippen LogP contribution in [-0.4, -0.2) is 44.2 Å². The first-order valence-electron chi connectivity index (χ1n) is 13.6. The number of amides is 3. The summed E-state index contributed by atoms with van der Waals surface area (Å²) in [5, 5.41) is 23.5. The standard InChI is InChI=1S/C30H23FN4O8S2/c1-2-43-21-13-15(3-12-20(21)36)23-24-25(28(39)34(27(24)38)18-8-10-19(11-9-18)35(41)42)44-29-26(23)45-30(40)33(29)14-22(37)32-17-6-4-16(31)5-7-17/h3-13,23-25,36H,2,14H2,1H3,(H,32,37)/t23-,24?,25?/m0/s1. The number of hydrogen-bond acceptors (Lipinski definition) is 10. The minimum absolute atomic E-state index is 0.132. The van der Waals surface area contributed by atoms with Gasteiger partial charge in [-0.1, -0.05) is 29.2 Å². The summed E-state index contributed by atoms with van der Waals surface area (Å²) < 4.78 is 20.1.